The van der Waals surface area contributed by atoms with Gasteiger partial charge in [-0.25, -0.2) is 0 Å². The fourth-order valence-electron chi connectivity index (χ4n) is 3.15. The molecule has 27 heavy (non-hydrogen) atoms. The number of nitrogens with one attached hydrogen (secondary N) is 1. The second-order valence-electron chi connectivity index (χ2n) is 6.33. The number of fused-ring (bicyclic) bond motifs is 1. The number of benzene rings is 2. The molecule has 0 radical (unpaired) electrons. The van der Waals surface area contributed by atoms with Gasteiger partial charge in [0.25, 0.3) is 17.7 Å². The SMILES string of the molecule is CCc1ccccc1NC(=O)c1ccc2c(c1)C(=O)N(CCCOC)C2=O. The van der Waals surface area contributed by atoms with Crippen LogP contribution in [0, 0.1) is 0 Å². The van der Waals surface area contributed by atoms with Crippen LogP contribution in [-0.4, -0.2) is 42.9 Å². The normalized spacial score (nSPS) is 13.0. The van der Waals surface area contributed by atoms with Gasteiger partial charge in [0.05, 0.1) is 11.1 Å². The molecule has 2 aromatic rings. The number of ether oxygens (including phenoxy) is 1. The molecule has 6 nitrogen and oxygen atoms in total. The molecule has 0 saturated heterocycles. The molecule has 0 bridgehead atoms. The van der Waals surface area contributed by atoms with E-state index in [4.69, 9.17) is 4.74 Å². The van der Waals surface area contributed by atoms with Crippen molar-refractivity contribution in [1.82, 2.24) is 4.90 Å². The molecule has 140 valence electrons. The average Bonchev–Trinajstić information content (AvgIpc) is 2.93. The van der Waals surface area contributed by atoms with Crippen molar-refractivity contribution >= 4 is 23.4 Å². The summed E-state index contributed by atoms with van der Waals surface area (Å²) in [6, 6.07) is 12.2. The number of rotatable bonds is 7. The van der Waals surface area contributed by atoms with E-state index in [0.29, 0.717) is 30.7 Å². The minimum atomic E-state index is -0.366. The first-order valence-electron chi connectivity index (χ1n) is 8.95. The van der Waals surface area contributed by atoms with Gasteiger partial charge in [-0.3, -0.25) is 19.3 Å². The topological polar surface area (TPSA) is 75.7 Å². The van der Waals surface area contributed by atoms with Crippen molar-refractivity contribution in [2.75, 3.05) is 25.6 Å². The van der Waals surface area contributed by atoms with E-state index in [1.54, 1.807) is 19.2 Å². The quantitative estimate of drug-likeness (QED) is 0.603. The van der Waals surface area contributed by atoms with Crippen molar-refractivity contribution in [3.05, 3.63) is 64.7 Å². The van der Waals surface area contributed by atoms with Crippen LogP contribution < -0.4 is 5.32 Å². The molecule has 3 amide bonds. The summed E-state index contributed by atoms with van der Waals surface area (Å²) < 4.78 is 4.97. The Labute approximate surface area is 158 Å². The van der Waals surface area contributed by atoms with Gasteiger partial charge in [0, 0.05) is 31.5 Å². The zero-order valence-electron chi connectivity index (χ0n) is 15.5. The first-order chi connectivity index (χ1) is 13.1. The predicted molar refractivity (Wildman–Crippen MR) is 102 cm³/mol. The lowest BCUT2D eigenvalue weighted by molar-refractivity contribution is 0.0638. The summed E-state index contributed by atoms with van der Waals surface area (Å²) in [4.78, 5) is 38.8. The fraction of sp³-hybridized carbons (Fsp3) is 0.286. The minimum absolute atomic E-state index is 0.272. The van der Waals surface area contributed by atoms with Crippen LogP contribution in [0.15, 0.2) is 42.5 Å². The summed E-state index contributed by atoms with van der Waals surface area (Å²) in [5.41, 5.74) is 2.73. The largest absolute Gasteiger partial charge is 0.385 e. The van der Waals surface area contributed by atoms with Crippen LogP contribution in [0.3, 0.4) is 0 Å². The van der Waals surface area contributed by atoms with Gasteiger partial charge in [0.15, 0.2) is 0 Å². The van der Waals surface area contributed by atoms with Crippen molar-refractivity contribution in [3.63, 3.8) is 0 Å². The van der Waals surface area contributed by atoms with Gasteiger partial charge in [0.2, 0.25) is 0 Å². The Kier molecular flexibility index (Phi) is 5.66. The molecule has 0 saturated carbocycles. The van der Waals surface area contributed by atoms with Crippen molar-refractivity contribution in [2.45, 2.75) is 19.8 Å². The maximum Gasteiger partial charge on any atom is 0.261 e. The lowest BCUT2D eigenvalue weighted by Crippen LogP contribution is -2.31. The summed E-state index contributed by atoms with van der Waals surface area (Å²) in [5, 5.41) is 2.88. The first-order valence-corrected chi connectivity index (χ1v) is 8.95. The lowest BCUT2D eigenvalue weighted by atomic mass is 10.0. The van der Waals surface area contributed by atoms with Crippen molar-refractivity contribution < 1.29 is 19.1 Å². The average molecular weight is 366 g/mol. The third-order valence-corrected chi connectivity index (χ3v) is 4.61. The molecular weight excluding hydrogens is 344 g/mol. The second kappa shape index (κ2) is 8.14. The first kappa shape index (κ1) is 18.8. The Bertz CT molecular complexity index is 892. The van der Waals surface area contributed by atoms with E-state index in [2.05, 4.69) is 5.32 Å². The molecule has 0 spiro atoms. The van der Waals surface area contributed by atoms with E-state index < -0.39 is 0 Å². The number of carbonyl (C=O) groups excluding carboxylic acids is 3. The Balaban J connectivity index is 1.80. The lowest BCUT2D eigenvalue weighted by Gasteiger charge is -2.12. The maximum atomic E-state index is 12.6. The van der Waals surface area contributed by atoms with Gasteiger partial charge in [-0.15, -0.1) is 0 Å². The van der Waals surface area contributed by atoms with Crippen LogP contribution in [0.4, 0.5) is 5.69 Å². The number of amides is 3. The maximum absolute atomic E-state index is 12.6. The third-order valence-electron chi connectivity index (χ3n) is 4.61. The van der Waals surface area contributed by atoms with E-state index in [-0.39, 0.29) is 23.3 Å². The van der Waals surface area contributed by atoms with E-state index in [9.17, 15) is 14.4 Å². The molecule has 2 aromatic carbocycles. The molecular formula is C21H22N2O4. The highest BCUT2D eigenvalue weighted by Crippen LogP contribution is 2.25. The predicted octanol–water partition coefficient (Wildman–Crippen LogP) is 3.13. The monoisotopic (exact) mass is 366 g/mol. The Morgan fingerprint density at radius 3 is 2.56 bits per heavy atom. The number of imide groups is 1. The number of aryl methyl sites for hydroxylation is 1. The minimum Gasteiger partial charge on any atom is -0.385 e. The highest BCUT2D eigenvalue weighted by Gasteiger charge is 2.35. The van der Waals surface area contributed by atoms with E-state index >= 15 is 0 Å². The summed E-state index contributed by atoms with van der Waals surface area (Å²) in [7, 11) is 1.57. The van der Waals surface area contributed by atoms with Crippen molar-refractivity contribution in [3.8, 4) is 0 Å². The van der Waals surface area contributed by atoms with E-state index in [0.717, 1.165) is 17.7 Å². The van der Waals surface area contributed by atoms with Crippen LogP contribution in [0.1, 0.15) is 50.0 Å². The molecule has 1 aliphatic rings. The number of hydrogen-bond acceptors (Lipinski definition) is 4. The van der Waals surface area contributed by atoms with Gasteiger partial charge in [0.1, 0.15) is 0 Å². The number of anilines is 1. The smallest absolute Gasteiger partial charge is 0.261 e. The molecule has 6 heteroatoms. The third kappa shape index (κ3) is 3.75. The van der Waals surface area contributed by atoms with Crippen LogP contribution in [0.5, 0.6) is 0 Å². The molecule has 0 atom stereocenters. The number of methoxy groups -OCH3 is 1. The molecule has 0 fully saturated rings. The number of para-hydroxylation sites is 1. The molecule has 0 aliphatic carbocycles. The van der Waals surface area contributed by atoms with Gasteiger partial charge in [-0.05, 0) is 42.7 Å². The van der Waals surface area contributed by atoms with E-state index in [1.165, 1.54) is 11.0 Å². The number of nitrogens with zero attached hydrogens (tertiary/aromatic N) is 1. The molecule has 1 N–H and O–H groups in total. The molecule has 0 aromatic heterocycles. The summed E-state index contributed by atoms with van der Waals surface area (Å²) in [6.45, 7) is 2.78. The fourth-order valence-corrected chi connectivity index (χ4v) is 3.15. The van der Waals surface area contributed by atoms with Gasteiger partial charge in [-0.1, -0.05) is 25.1 Å². The molecule has 1 aliphatic heterocycles. The standard InChI is InChI=1S/C21H22N2O4/c1-3-14-7-4-5-8-18(14)22-19(24)15-9-10-16-17(13-15)21(26)23(20(16)25)11-6-12-27-2/h4-5,7-10,13H,3,6,11-12H2,1-2H3,(H,22,24). The summed E-state index contributed by atoms with van der Waals surface area (Å²) in [6.07, 6.45) is 1.37. The highest BCUT2D eigenvalue weighted by molar-refractivity contribution is 6.22. The van der Waals surface area contributed by atoms with Crippen LogP contribution in [-0.2, 0) is 11.2 Å². The molecule has 3 rings (SSSR count). The zero-order valence-corrected chi connectivity index (χ0v) is 15.5. The second-order valence-corrected chi connectivity index (χ2v) is 6.33. The van der Waals surface area contributed by atoms with Crippen molar-refractivity contribution in [2.24, 2.45) is 0 Å². The summed E-state index contributed by atoms with van der Waals surface area (Å²) in [5.74, 6) is -0.999. The molecule has 0 unspecified atom stereocenters. The number of hydrogen-bond donors (Lipinski definition) is 1. The summed E-state index contributed by atoms with van der Waals surface area (Å²) >= 11 is 0. The van der Waals surface area contributed by atoms with Gasteiger partial charge < -0.3 is 10.1 Å². The van der Waals surface area contributed by atoms with Crippen LogP contribution in [0.25, 0.3) is 0 Å². The van der Waals surface area contributed by atoms with E-state index in [1.807, 2.05) is 31.2 Å². The van der Waals surface area contributed by atoms with Gasteiger partial charge in [-0.2, -0.15) is 0 Å². The van der Waals surface area contributed by atoms with Crippen LogP contribution >= 0.6 is 0 Å². The Morgan fingerprint density at radius 1 is 1.07 bits per heavy atom. The number of carbonyl (C=O) groups is 3. The zero-order chi connectivity index (χ0) is 19.4. The van der Waals surface area contributed by atoms with Crippen molar-refractivity contribution in [1.29, 1.82) is 0 Å². The van der Waals surface area contributed by atoms with Crippen LogP contribution in [0.2, 0.25) is 0 Å². The highest BCUT2D eigenvalue weighted by atomic mass is 16.5. The Morgan fingerprint density at radius 2 is 1.81 bits per heavy atom. The van der Waals surface area contributed by atoms with Gasteiger partial charge >= 0.3 is 0 Å². The Hall–Kier alpha value is -2.99. The molecule has 1 heterocycles.